The number of pyridine rings is 1. The van der Waals surface area contributed by atoms with Gasteiger partial charge in [-0.15, -0.1) is 0 Å². The molecule has 5 nitrogen and oxygen atoms in total. The third-order valence-electron chi connectivity index (χ3n) is 3.70. The predicted molar refractivity (Wildman–Crippen MR) is 92.4 cm³/mol. The molecule has 0 unspecified atom stereocenters. The zero-order chi connectivity index (χ0) is 17.7. The lowest BCUT2D eigenvalue weighted by molar-refractivity contribution is -0.131. The Balaban J connectivity index is 2.79. The first-order valence-electron chi connectivity index (χ1n) is 7.99. The van der Waals surface area contributed by atoms with E-state index >= 15 is 0 Å². The summed E-state index contributed by atoms with van der Waals surface area (Å²) in [6, 6.07) is 9.26. The molecule has 0 spiro atoms. The Morgan fingerprint density at radius 2 is 1.79 bits per heavy atom. The van der Waals surface area contributed by atoms with E-state index in [9.17, 15) is 14.4 Å². The van der Waals surface area contributed by atoms with E-state index in [0.29, 0.717) is 17.5 Å². The first-order chi connectivity index (χ1) is 11.5. The van der Waals surface area contributed by atoms with Crippen LogP contribution in [0.15, 0.2) is 41.3 Å². The van der Waals surface area contributed by atoms with Gasteiger partial charge in [-0.25, -0.2) is 0 Å². The average molecular weight is 327 g/mol. The molecule has 0 saturated heterocycles. The Labute approximate surface area is 140 Å². The van der Waals surface area contributed by atoms with Gasteiger partial charge in [0.2, 0.25) is 5.91 Å². The summed E-state index contributed by atoms with van der Waals surface area (Å²) >= 11 is 0. The Morgan fingerprint density at radius 3 is 2.33 bits per heavy atom. The first kappa shape index (κ1) is 17.7. The lowest BCUT2D eigenvalue weighted by Crippen LogP contribution is -2.29. The molecule has 126 valence electrons. The lowest BCUT2D eigenvalue weighted by atomic mass is 10.0. The molecule has 0 atom stereocenters. The maximum atomic E-state index is 12.7. The van der Waals surface area contributed by atoms with E-state index in [1.54, 1.807) is 0 Å². The molecule has 1 aromatic carbocycles. The molecule has 0 aliphatic heterocycles. The van der Waals surface area contributed by atoms with Gasteiger partial charge in [0.1, 0.15) is 5.75 Å². The van der Waals surface area contributed by atoms with Gasteiger partial charge in [0.25, 0.3) is 5.56 Å². The maximum absolute atomic E-state index is 12.7. The summed E-state index contributed by atoms with van der Waals surface area (Å²) < 4.78 is 6.46. The zero-order valence-corrected chi connectivity index (χ0v) is 14.2. The van der Waals surface area contributed by atoms with Gasteiger partial charge >= 0.3 is 5.97 Å². The van der Waals surface area contributed by atoms with Crippen LogP contribution in [0.5, 0.6) is 5.75 Å². The minimum Gasteiger partial charge on any atom is -0.425 e. The van der Waals surface area contributed by atoms with E-state index in [1.165, 1.54) is 20.0 Å². The highest BCUT2D eigenvalue weighted by molar-refractivity contribution is 5.82. The second kappa shape index (κ2) is 7.73. The van der Waals surface area contributed by atoms with Crippen LogP contribution in [0.3, 0.4) is 0 Å². The molecule has 0 N–H and O–H groups in total. The van der Waals surface area contributed by atoms with Crippen molar-refractivity contribution in [1.82, 2.24) is 4.57 Å². The molecule has 0 aliphatic carbocycles. The van der Waals surface area contributed by atoms with Gasteiger partial charge in [0.05, 0.1) is 5.56 Å². The van der Waals surface area contributed by atoms with Crippen molar-refractivity contribution < 1.29 is 14.3 Å². The molecule has 1 heterocycles. The summed E-state index contributed by atoms with van der Waals surface area (Å²) in [6.45, 7) is 4.65. The van der Waals surface area contributed by atoms with E-state index in [1.807, 2.05) is 37.3 Å². The minimum atomic E-state index is -0.495. The van der Waals surface area contributed by atoms with Gasteiger partial charge in [-0.05, 0) is 18.4 Å². The van der Waals surface area contributed by atoms with Crippen LogP contribution in [0.25, 0.3) is 11.1 Å². The molecular formula is C19H21NO4. The number of ether oxygens (including phenoxy) is 1. The fourth-order valence-corrected chi connectivity index (χ4v) is 2.54. The molecule has 0 bridgehead atoms. The maximum Gasteiger partial charge on any atom is 0.308 e. The van der Waals surface area contributed by atoms with E-state index in [2.05, 4.69) is 0 Å². The van der Waals surface area contributed by atoms with Crippen LogP contribution >= 0.6 is 0 Å². The lowest BCUT2D eigenvalue weighted by Gasteiger charge is -2.16. The fourth-order valence-electron chi connectivity index (χ4n) is 2.54. The summed E-state index contributed by atoms with van der Waals surface area (Å²) in [5.74, 6) is -0.612. The smallest absolute Gasteiger partial charge is 0.308 e. The van der Waals surface area contributed by atoms with Crippen LogP contribution in [-0.2, 0) is 11.2 Å². The molecule has 5 heteroatoms. The predicted octanol–water partition coefficient (Wildman–Crippen LogP) is 3.44. The second-order valence-corrected chi connectivity index (χ2v) is 5.61. The summed E-state index contributed by atoms with van der Waals surface area (Å²) in [6.07, 6.45) is 3.55. The first-order valence-corrected chi connectivity index (χ1v) is 7.99. The van der Waals surface area contributed by atoms with Crippen molar-refractivity contribution in [2.24, 2.45) is 0 Å². The van der Waals surface area contributed by atoms with E-state index in [4.69, 9.17) is 4.74 Å². The van der Waals surface area contributed by atoms with Gasteiger partial charge in [-0.1, -0.05) is 43.7 Å². The van der Waals surface area contributed by atoms with Crippen LogP contribution in [0.1, 0.15) is 44.0 Å². The highest BCUT2D eigenvalue weighted by Crippen LogP contribution is 2.32. The minimum absolute atomic E-state index is 0.254. The van der Waals surface area contributed by atoms with Gasteiger partial charge in [-0.3, -0.25) is 19.0 Å². The highest BCUT2D eigenvalue weighted by Gasteiger charge is 2.20. The van der Waals surface area contributed by atoms with Gasteiger partial charge in [-0.2, -0.15) is 0 Å². The number of hydrogen-bond acceptors (Lipinski definition) is 4. The number of carbonyl (C=O) groups is 2. The molecule has 2 rings (SSSR count). The van der Waals surface area contributed by atoms with Crippen LogP contribution in [0, 0.1) is 0 Å². The van der Waals surface area contributed by atoms with Crippen molar-refractivity contribution >= 4 is 11.9 Å². The molecule has 1 aromatic heterocycles. The molecule has 0 radical (unpaired) electrons. The van der Waals surface area contributed by atoms with E-state index in [-0.39, 0.29) is 11.7 Å². The SMILES string of the molecule is CCCCc1c(OC(C)=O)c(-c2ccccc2)cn(C(C)=O)c1=O. The number of aromatic nitrogens is 1. The second-order valence-electron chi connectivity index (χ2n) is 5.61. The van der Waals surface area contributed by atoms with Gasteiger partial charge in [0, 0.05) is 25.6 Å². The van der Waals surface area contributed by atoms with Crippen molar-refractivity contribution in [2.45, 2.75) is 40.0 Å². The van der Waals surface area contributed by atoms with Gasteiger partial charge in [0.15, 0.2) is 0 Å². The van der Waals surface area contributed by atoms with Crippen molar-refractivity contribution in [1.29, 1.82) is 0 Å². The quantitative estimate of drug-likeness (QED) is 0.789. The number of carbonyl (C=O) groups excluding carboxylic acids is 2. The van der Waals surface area contributed by atoms with Crippen molar-refractivity contribution in [3.63, 3.8) is 0 Å². The number of rotatable bonds is 5. The topological polar surface area (TPSA) is 65.4 Å². The van der Waals surface area contributed by atoms with Crippen LogP contribution < -0.4 is 10.3 Å². The average Bonchev–Trinajstić information content (AvgIpc) is 2.54. The number of esters is 1. The Hall–Kier alpha value is -2.69. The normalized spacial score (nSPS) is 10.5. The van der Waals surface area contributed by atoms with Crippen LogP contribution in [0.2, 0.25) is 0 Å². The Kier molecular flexibility index (Phi) is 5.68. The number of unbranched alkanes of at least 4 members (excludes halogenated alkanes) is 1. The van der Waals surface area contributed by atoms with Crippen molar-refractivity contribution in [3.05, 3.63) is 52.4 Å². The molecule has 2 aromatic rings. The third-order valence-corrected chi connectivity index (χ3v) is 3.70. The van der Waals surface area contributed by atoms with Crippen molar-refractivity contribution in [2.75, 3.05) is 0 Å². The highest BCUT2D eigenvalue weighted by atomic mass is 16.5. The molecule has 24 heavy (non-hydrogen) atoms. The van der Waals surface area contributed by atoms with Crippen molar-refractivity contribution in [3.8, 4) is 16.9 Å². The Bertz CT molecular complexity index is 806. The van der Waals surface area contributed by atoms with Crippen LogP contribution in [-0.4, -0.2) is 16.4 Å². The monoisotopic (exact) mass is 327 g/mol. The zero-order valence-electron chi connectivity index (χ0n) is 14.2. The number of hydrogen-bond donors (Lipinski definition) is 0. The Morgan fingerprint density at radius 1 is 1.12 bits per heavy atom. The fraction of sp³-hybridized carbons (Fsp3) is 0.316. The largest absolute Gasteiger partial charge is 0.425 e. The third kappa shape index (κ3) is 3.79. The van der Waals surface area contributed by atoms with E-state index in [0.717, 1.165) is 23.0 Å². The molecule has 0 aliphatic rings. The summed E-state index contributed by atoms with van der Waals surface area (Å²) in [4.78, 5) is 36.1. The van der Waals surface area contributed by atoms with Crippen LogP contribution in [0.4, 0.5) is 0 Å². The molecule has 0 fully saturated rings. The standard InChI is InChI=1S/C19H21NO4/c1-4-5-11-16-18(24-14(3)22)17(15-9-7-6-8-10-15)12-20(13(2)21)19(16)23/h6-10,12H,4-5,11H2,1-3H3. The summed E-state index contributed by atoms with van der Waals surface area (Å²) in [5, 5.41) is 0. The number of nitrogens with zero attached hydrogens (tertiary/aromatic N) is 1. The molecule has 0 amide bonds. The van der Waals surface area contributed by atoms with Gasteiger partial charge < -0.3 is 4.74 Å². The number of benzene rings is 1. The molecule has 0 saturated carbocycles. The summed E-state index contributed by atoms with van der Waals surface area (Å²) in [7, 11) is 0. The molecular weight excluding hydrogens is 306 g/mol. The van der Waals surface area contributed by atoms with E-state index < -0.39 is 11.5 Å². The summed E-state index contributed by atoms with van der Waals surface area (Å²) in [5.41, 5.74) is 1.28.